The van der Waals surface area contributed by atoms with Crippen LogP contribution >= 0.6 is 11.6 Å². The molecule has 1 atom stereocenters. The molecular weight excluding hydrogens is 378 g/mol. The Morgan fingerprint density at radius 3 is 2.86 bits per heavy atom. The van der Waals surface area contributed by atoms with Gasteiger partial charge in [-0.3, -0.25) is 9.48 Å². The Morgan fingerprint density at radius 1 is 1.46 bits per heavy atom. The Balaban J connectivity index is 1.78. The quantitative estimate of drug-likeness (QED) is 0.733. The van der Waals surface area contributed by atoms with E-state index in [1.807, 2.05) is 11.8 Å². The summed E-state index contributed by atoms with van der Waals surface area (Å²) in [7, 11) is 3.89. The van der Waals surface area contributed by atoms with Gasteiger partial charge in [0.25, 0.3) is 5.91 Å². The lowest BCUT2D eigenvalue weighted by molar-refractivity contribution is 0.0646. The zero-order valence-corrected chi connectivity index (χ0v) is 18.2. The highest BCUT2D eigenvalue weighted by Crippen LogP contribution is 2.30. The standard InChI is InChI=1S/C20H30ClN5O2/c1-13(2)10-24(4)11-15-7-6-8-26(12-15)20(27)17-18(22-25(5)19(17)21)16-9-14(3)28-23-16/h9,13,15H,6-8,10-12H2,1-5H3. The molecule has 2 aromatic rings. The summed E-state index contributed by atoms with van der Waals surface area (Å²) in [6, 6.07) is 1.77. The monoisotopic (exact) mass is 407 g/mol. The molecule has 0 aliphatic carbocycles. The first-order valence-corrected chi connectivity index (χ1v) is 10.3. The van der Waals surface area contributed by atoms with Gasteiger partial charge in [0.1, 0.15) is 27.9 Å². The number of hydrogen-bond donors (Lipinski definition) is 0. The second kappa shape index (κ2) is 8.66. The van der Waals surface area contributed by atoms with Crippen molar-refractivity contribution >= 4 is 17.5 Å². The molecule has 3 heterocycles. The number of amides is 1. The van der Waals surface area contributed by atoms with Gasteiger partial charge in [0.15, 0.2) is 0 Å². The molecule has 0 radical (unpaired) electrons. The molecule has 28 heavy (non-hydrogen) atoms. The van der Waals surface area contributed by atoms with Gasteiger partial charge in [0.2, 0.25) is 0 Å². The van der Waals surface area contributed by atoms with Gasteiger partial charge < -0.3 is 14.3 Å². The number of halogens is 1. The molecule has 0 bridgehead atoms. The average molecular weight is 408 g/mol. The predicted molar refractivity (Wildman–Crippen MR) is 109 cm³/mol. The van der Waals surface area contributed by atoms with E-state index in [1.165, 1.54) is 4.68 Å². The van der Waals surface area contributed by atoms with Crippen molar-refractivity contribution in [2.45, 2.75) is 33.6 Å². The van der Waals surface area contributed by atoms with Gasteiger partial charge in [0.05, 0.1) is 0 Å². The fourth-order valence-electron chi connectivity index (χ4n) is 4.05. The van der Waals surface area contributed by atoms with Gasteiger partial charge in [-0.15, -0.1) is 0 Å². The van der Waals surface area contributed by atoms with Crippen molar-refractivity contribution < 1.29 is 9.32 Å². The lowest BCUT2D eigenvalue weighted by Gasteiger charge is -2.35. The second-order valence-electron chi connectivity index (χ2n) is 8.34. The Kier molecular flexibility index (Phi) is 6.45. The van der Waals surface area contributed by atoms with Crippen molar-refractivity contribution in [2.75, 3.05) is 33.2 Å². The van der Waals surface area contributed by atoms with Gasteiger partial charge in [0, 0.05) is 39.3 Å². The van der Waals surface area contributed by atoms with Crippen molar-refractivity contribution in [2.24, 2.45) is 18.9 Å². The van der Waals surface area contributed by atoms with Crippen LogP contribution in [0, 0.1) is 18.8 Å². The second-order valence-corrected chi connectivity index (χ2v) is 8.69. The number of aryl methyl sites for hydroxylation is 2. The van der Waals surface area contributed by atoms with Crippen LogP contribution in [-0.2, 0) is 7.05 Å². The summed E-state index contributed by atoms with van der Waals surface area (Å²) in [6.45, 7) is 9.81. The van der Waals surface area contributed by atoms with Crippen LogP contribution in [-0.4, -0.2) is 63.9 Å². The third-order valence-corrected chi connectivity index (χ3v) is 5.55. The summed E-state index contributed by atoms with van der Waals surface area (Å²) in [6.07, 6.45) is 2.14. The first-order valence-electron chi connectivity index (χ1n) is 9.90. The topological polar surface area (TPSA) is 67.4 Å². The van der Waals surface area contributed by atoms with E-state index >= 15 is 0 Å². The van der Waals surface area contributed by atoms with Gasteiger partial charge in [-0.2, -0.15) is 5.10 Å². The molecule has 7 nitrogen and oxygen atoms in total. The zero-order chi connectivity index (χ0) is 20.4. The van der Waals surface area contributed by atoms with Crippen molar-refractivity contribution in [1.29, 1.82) is 0 Å². The highest BCUT2D eigenvalue weighted by molar-refractivity contribution is 6.33. The van der Waals surface area contributed by atoms with Crippen LogP contribution in [0.25, 0.3) is 11.4 Å². The Labute approximate surface area is 171 Å². The fourth-order valence-corrected chi connectivity index (χ4v) is 4.25. The van der Waals surface area contributed by atoms with Gasteiger partial charge >= 0.3 is 0 Å². The van der Waals surface area contributed by atoms with E-state index < -0.39 is 0 Å². The van der Waals surface area contributed by atoms with E-state index in [4.69, 9.17) is 16.1 Å². The largest absolute Gasteiger partial charge is 0.361 e. The number of rotatable bonds is 6. The first-order chi connectivity index (χ1) is 13.3. The number of carbonyl (C=O) groups excluding carboxylic acids is 1. The average Bonchev–Trinajstić information content (AvgIpc) is 3.17. The van der Waals surface area contributed by atoms with E-state index in [0.29, 0.717) is 39.7 Å². The number of aromatic nitrogens is 3. The zero-order valence-electron chi connectivity index (χ0n) is 17.4. The van der Waals surface area contributed by atoms with Crippen molar-refractivity contribution in [3.05, 3.63) is 22.5 Å². The third-order valence-electron chi connectivity index (χ3n) is 5.11. The molecule has 1 aliphatic heterocycles. The van der Waals surface area contributed by atoms with Crippen molar-refractivity contribution in [3.8, 4) is 11.4 Å². The lowest BCUT2D eigenvalue weighted by Crippen LogP contribution is -2.43. The third kappa shape index (κ3) is 4.58. The molecule has 1 amide bonds. The normalized spacial score (nSPS) is 17.7. The minimum Gasteiger partial charge on any atom is -0.361 e. The molecule has 154 valence electrons. The van der Waals surface area contributed by atoms with Crippen molar-refractivity contribution in [1.82, 2.24) is 24.7 Å². The van der Waals surface area contributed by atoms with Crippen LogP contribution in [0.3, 0.4) is 0 Å². The number of piperidine rings is 1. The van der Waals surface area contributed by atoms with E-state index in [2.05, 4.69) is 36.1 Å². The lowest BCUT2D eigenvalue weighted by atomic mass is 9.96. The molecule has 1 aliphatic rings. The number of nitrogens with zero attached hydrogens (tertiary/aromatic N) is 5. The maximum absolute atomic E-state index is 13.4. The molecule has 1 unspecified atom stereocenters. The summed E-state index contributed by atoms with van der Waals surface area (Å²) in [5.74, 6) is 1.69. The maximum atomic E-state index is 13.4. The van der Waals surface area contributed by atoms with Gasteiger partial charge in [-0.1, -0.05) is 30.6 Å². The Bertz CT molecular complexity index is 829. The van der Waals surface area contributed by atoms with E-state index in [9.17, 15) is 4.79 Å². The van der Waals surface area contributed by atoms with Crippen LogP contribution in [0.2, 0.25) is 5.15 Å². The minimum atomic E-state index is -0.0787. The molecule has 3 rings (SSSR count). The van der Waals surface area contributed by atoms with Crippen LogP contribution in [0.15, 0.2) is 10.6 Å². The highest BCUT2D eigenvalue weighted by Gasteiger charge is 2.31. The molecular formula is C20H30ClN5O2. The van der Waals surface area contributed by atoms with E-state index in [0.717, 1.165) is 39.0 Å². The van der Waals surface area contributed by atoms with Crippen molar-refractivity contribution in [3.63, 3.8) is 0 Å². The minimum absolute atomic E-state index is 0.0787. The summed E-state index contributed by atoms with van der Waals surface area (Å²) in [4.78, 5) is 17.6. The summed E-state index contributed by atoms with van der Waals surface area (Å²) in [5, 5.41) is 8.77. The Morgan fingerprint density at radius 2 is 2.21 bits per heavy atom. The molecule has 8 heteroatoms. The molecule has 1 fully saturated rings. The maximum Gasteiger partial charge on any atom is 0.259 e. The van der Waals surface area contributed by atoms with Crippen LogP contribution in [0.5, 0.6) is 0 Å². The van der Waals surface area contributed by atoms with E-state index in [1.54, 1.807) is 13.1 Å². The van der Waals surface area contributed by atoms with Crippen LogP contribution in [0.1, 0.15) is 42.8 Å². The smallest absolute Gasteiger partial charge is 0.259 e. The molecule has 0 N–H and O–H groups in total. The fraction of sp³-hybridized carbons (Fsp3) is 0.650. The number of likely N-dealkylation sites (tertiary alicyclic amines) is 1. The molecule has 0 saturated carbocycles. The van der Waals surface area contributed by atoms with E-state index in [-0.39, 0.29) is 5.91 Å². The summed E-state index contributed by atoms with van der Waals surface area (Å²) in [5.41, 5.74) is 1.43. The molecule has 1 saturated heterocycles. The summed E-state index contributed by atoms with van der Waals surface area (Å²) >= 11 is 6.45. The van der Waals surface area contributed by atoms with Crippen LogP contribution in [0.4, 0.5) is 0 Å². The van der Waals surface area contributed by atoms with Gasteiger partial charge in [-0.25, -0.2) is 0 Å². The molecule has 0 spiro atoms. The Hall–Kier alpha value is -1.86. The first kappa shape index (κ1) is 20.9. The molecule has 0 aromatic carbocycles. The number of carbonyl (C=O) groups is 1. The summed E-state index contributed by atoms with van der Waals surface area (Å²) < 4.78 is 6.69. The number of hydrogen-bond acceptors (Lipinski definition) is 5. The SMILES string of the molecule is Cc1cc(-c2nn(C)c(Cl)c2C(=O)N2CCCC(CN(C)CC(C)C)C2)no1. The molecule has 2 aromatic heterocycles. The van der Waals surface area contributed by atoms with Gasteiger partial charge in [-0.05, 0) is 38.6 Å². The highest BCUT2D eigenvalue weighted by atomic mass is 35.5. The predicted octanol–water partition coefficient (Wildman–Crippen LogP) is 3.48. The van der Waals surface area contributed by atoms with Crippen LogP contribution < -0.4 is 0 Å².